The molecular formula is C88H112O12. The summed E-state index contributed by atoms with van der Waals surface area (Å²) in [6, 6.07) is 19.5. The number of ether oxygens (including phenoxy) is 6. The van der Waals surface area contributed by atoms with Gasteiger partial charge in [0.15, 0.2) is 0 Å². The van der Waals surface area contributed by atoms with E-state index in [1.807, 2.05) is 0 Å². The summed E-state index contributed by atoms with van der Waals surface area (Å²) >= 11 is 0. The maximum Gasteiger partial charge on any atom is 0.306 e. The predicted molar refractivity (Wildman–Crippen MR) is 383 cm³/mol. The number of benzene rings is 4. The number of phenolic OH excluding ortho intramolecular Hbond substituents is 2. The van der Waals surface area contributed by atoms with Crippen molar-refractivity contribution in [2.45, 2.75) is 267 Å². The average Bonchev–Trinajstić information content (AvgIpc) is 0.640. The molecule has 4 aromatic carbocycles. The van der Waals surface area contributed by atoms with Crippen LogP contribution in [0.15, 0.2) is 48.5 Å². The first-order valence-electron chi connectivity index (χ1n) is 39.7. The van der Waals surface area contributed by atoms with Crippen LogP contribution in [0.5, 0.6) is 23.0 Å². The van der Waals surface area contributed by atoms with Crippen molar-refractivity contribution in [2.75, 3.05) is 41.7 Å². The standard InChI is InChI=1S/C88H112O12/c1-7-9-11-99-79-65-17-61-21-69(85-37-53-13-54(38-85)30-81(29-53,49-85)45-73(89)95-3)23-63(77(61)93)19-67-27-72(88-43-59-16-60(44-88)36-84(35-59,52-88)48-76(92)98-6)28-68(80(67)100-12-10-8-2)20-64-24-70(86-39-55-14-56(40-86)32-82(31-55,50-86)46-74(90)96-4)22-62(78(64)94)18-66(79)26-71(25-65)87-41-57-15-58(42-87)34-83(33-57,51-87)47-75(91)97-5/h21-28,53-60,93-94H,7-20,29-52H2,1-6H3. The summed E-state index contributed by atoms with van der Waals surface area (Å²) < 4.78 is 36.9. The lowest BCUT2D eigenvalue weighted by Gasteiger charge is -2.62. The Morgan fingerprint density at radius 1 is 0.340 bits per heavy atom. The summed E-state index contributed by atoms with van der Waals surface area (Å²) in [5.41, 5.74) is 11.5. The molecule has 0 amide bonds. The van der Waals surface area contributed by atoms with Gasteiger partial charge in [-0.2, -0.15) is 0 Å². The van der Waals surface area contributed by atoms with Crippen LogP contribution < -0.4 is 9.47 Å². The van der Waals surface area contributed by atoms with Crippen LogP contribution in [-0.4, -0.2) is 75.7 Å². The third-order valence-electron chi connectivity index (χ3n) is 30.2. The number of methoxy groups -OCH3 is 4. The Balaban J connectivity index is 0.907. The zero-order valence-electron chi connectivity index (χ0n) is 61.1. The second-order valence-corrected chi connectivity index (χ2v) is 37.6. The van der Waals surface area contributed by atoms with Crippen LogP contribution in [0.25, 0.3) is 0 Å². The molecule has 4 aromatic rings. The number of hydrogen-bond donors (Lipinski definition) is 2. The van der Waals surface area contributed by atoms with Crippen molar-refractivity contribution >= 4 is 23.9 Å². The summed E-state index contributed by atoms with van der Waals surface area (Å²) in [6.45, 7) is 5.48. The fourth-order valence-corrected chi connectivity index (χ4v) is 28.6. The van der Waals surface area contributed by atoms with Gasteiger partial charge in [-0.15, -0.1) is 0 Å². The summed E-state index contributed by atoms with van der Waals surface area (Å²) in [6.07, 6.45) is 32.4. The summed E-state index contributed by atoms with van der Waals surface area (Å²) in [5.74, 6) is 5.83. The minimum Gasteiger partial charge on any atom is -0.507 e. The molecule has 0 radical (unpaired) electrons. The predicted octanol–water partition coefficient (Wildman–Crippen LogP) is 17.7. The first-order chi connectivity index (χ1) is 48.1. The number of unbranched alkanes of at least 4 members (excludes halogenated alkanes) is 2. The Hall–Kier alpha value is -6.04. The fraction of sp³-hybridized carbons (Fsp3) is 0.682. The van der Waals surface area contributed by atoms with Crippen molar-refractivity contribution in [3.8, 4) is 23.0 Å². The SMILES string of the molecule is CCCCOc1c2cc(C34CC5CC(CC(CC(=O)OC)(C5)C3)C4)cc1Cc1cc(C34CC5CC(CC(CC(=O)OC)(C5)C3)C4)cc(c1O)Cc1cc(C34CC5CC(CC(CC(=O)OC)(C5)C3)C4)cc(c1OCCCC)Cc1cc(C34CC5CC(CC(CC(=O)OC)(C5)C3)C4)cc(c1O)C2. The van der Waals surface area contributed by atoms with Crippen molar-refractivity contribution in [3.63, 3.8) is 0 Å². The second kappa shape index (κ2) is 24.8. The van der Waals surface area contributed by atoms with Gasteiger partial charge in [-0.25, -0.2) is 0 Å². The number of aromatic hydroxyl groups is 2. The molecule has 0 heterocycles. The number of hydrogen-bond acceptors (Lipinski definition) is 12. The molecule has 0 saturated heterocycles. The van der Waals surface area contributed by atoms with Crippen LogP contribution >= 0.6 is 0 Å². The van der Waals surface area contributed by atoms with Gasteiger partial charge in [-0.05, 0) is 324 Å². The van der Waals surface area contributed by atoms with Crippen LogP contribution in [0.3, 0.4) is 0 Å². The molecule has 536 valence electrons. The number of esters is 4. The molecule has 17 aliphatic carbocycles. The zero-order valence-corrected chi connectivity index (χ0v) is 61.1. The molecule has 12 nitrogen and oxygen atoms in total. The number of carbonyl (C=O) groups is 4. The van der Waals surface area contributed by atoms with E-state index in [2.05, 4.69) is 62.4 Å². The highest BCUT2D eigenvalue weighted by atomic mass is 16.5. The zero-order chi connectivity index (χ0) is 68.9. The molecule has 12 heteroatoms. The normalized spacial score (nSPS) is 36.9. The number of fused-ring (bicyclic) bond motifs is 8. The van der Waals surface area contributed by atoms with Gasteiger partial charge in [0, 0.05) is 25.7 Å². The Labute approximate surface area is 594 Å². The Morgan fingerprint density at radius 2 is 0.550 bits per heavy atom. The minimum atomic E-state index is -0.203. The average molecular weight is 1360 g/mol. The van der Waals surface area contributed by atoms with Gasteiger partial charge in [0.1, 0.15) is 23.0 Å². The molecule has 17 aliphatic rings. The van der Waals surface area contributed by atoms with Crippen molar-refractivity contribution in [2.24, 2.45) is 69.0 Å². The summed E-state index contributed by atoms with van der Waals surface area (Å²) in [5, 5.41) is 27.8. The molecule has 0 spiro atoms. The molecule has 21 rings (SSSR count). The summed E-state index contributed by atoms with van der Waals surface area (Å²) in [7, 11) is 6.16. The Morgan fingerprint density at radius 3 is 0.750 bits per heavy atom. The topological polar surface area (TPSA) is 164 Å². The van der Waals surface area contributed by atoms with Crippen LogP contribution in [0.1, 0.15) is 286 Å². The Kier molecular flexibility index (Phi) is 16.7. The van der Waals surface area contributed by atoms with Crippen molar-refractivity contribution in [1.29, 1.82) is 0 Å². The van der Waals surface area contributed by atoms with Gasteiger partial charge in [0.2, 0.25) is 0 Å². The van der Waals surface area contributed by atoms with E-state index < -0.39 is 0 Å². The second-order valence-electron chi connectivity index (χ2n) is 37.6. The molecule has 8 atom stereocenters. The largest absolute Gasteiger partial charge is 0.507 e. The highest BCUT2D eigenvalue weighted by molar-refractivity contribution is 5.72. The summed E-state index contributed by atoms with van der Waals surface area (Å²) in [4.78, 5) is 54.4. The molecule has 16 fully saturated rings. The third kappa shape index (κ3) is 11.6. The number of carbonyl (C=O) groups excluding carboxylic acids is 4. The maximum absolute atomic E-state index is 13.9. The molecule has 24 bridgehead atoms. The van der Waals surface area contributed by atoms with Crippen LogP contribution in [-0.2, 0) is 85.5 Å². The highest BCUT2D eigenvalue weighted by Crippen LogP contribution is 2.72. The van der Waals surface area contributed by atoms with E-state index in [0.29, 0.717) is 123 Å². The fourth-order valence-electron chi connectivity index (χ4n) is 28.6. The van der Waals surface area contributed by atoms with Crippen LogP contribution in [0.4, 0.5) is 0 Å². The van der Waals surface area contributed by atoms with Gasteiger partial charge >= 0.3 is 23.9 Å². The van der Waals surface area contributed by atoms with E-state index in [4.69, 9.17) is 28.4 Å². The first kappa shape index (κ1) is 67.2. The van der Waals surface area contributed by atoms with Gasteiger partial charge in [0.05, 0.1) is 67.3 Å². The van der Waals surface area contributed by atoms with E-state index in [0.717, 1.165) is 210 Å². The van der Waals surface area contributed by atoms with E-state index in [-0.39, 0.29) is 67.2 Å². The lowest BCUT2D eigenvalue weighted by molar-refractivity contribution is -0.151. The van der Waals surface area contributed by atoms with E-state index in [9.17, 15) is 29.4 Å². The minimum absolute atomic E-state index is 0.118. The van der Waals surface area contributed by atoms with E-state index >= 15 is 0 Å². The van der Waals surface area contributed by atoms with Crippen LogP contribution in [0.2, 0.25) is 0 Å². The monoisotopic (exact) mass is 1360 g/mol. The molecule has 0 aliphatic heterocycles. The molecule has 2 N–H and O–H groups in total. The van der Waals surface area contributed by atoms with E-state index in [1.54, 1.807) is 28.4 Å². The number of rotatable bonds is 20. The first-order valence-corrected chi connectivity index (χ1v) is 39.7. The van der Waals surface area contributed by atoms with Gasteiger partial charge in [0.25, 0.3) is 0 Å². The maximum atomic E-state index is 13.9. The Bertz CT molecular complexity index is 3540. The molecule has 100 heavy (non-hydrogen) atoms. The van der Waals surface area contributed by atoms with Crippen molar-refractivity contribution in [1.82, 2.24) is 0 Å². The lowest BCUT2D eigenvalue weighted by Crippen LogP contribution is -2.54. The lowest BCUT2D eigenvalue weighted by atomic mass is 9.42. The highest BCUT2D eigenvalue weighted by Gasteiger charge is 2.63. The van der Waals surface area contributed by atoms with Gasteiger partial charge < -0.3 is 38.6 Å². The molecular weight excluding hydrogens is 1250 g/mol. The van der Waals surface area contributed by atoms with E-state index in [1.165, 1.54) is 47.9 Å². The molecule has 16 saturated carbocycles. The quantitative estimate of drug-likeness (QED) is 0.0431. The molecule has 0 aromatic heterocycles. The van der Waals surface area contributed by atoms with Crippen molar-refractivity contribution < 1.29 is 57.8 Å². The van der Waals surface area contributed by atoms with Crippen LogP contribution in [0, 0.1) is 69.0 Å². The van der Waals surface area contributed by atoms with Gasteiger partial charge in [-0.1, -0.05) is 75.2 Å². The third-order valence-corrected chi connectivity index (χ3v) is 30.2. The smallest absolute Gasteiger partial charge is 0.306 e. The van der Waals surface area contributed by atoms with Gasteiger partial charge in [-0.3, -0.25) is 19.2 Å². The van der Waals surface area contributed by atoms with Crippen molar-refractivity contribution in [3.05, 3.63) is 115 Å². The number of phenols is 2. The molecule has 8 unspecified atom stereocenters.